The fraction of sp³-hybridized carbons (Fsp3) is 0.929. The van der Waals surface area contributed by atoms with Crippen molar-refractivity contribution in [1.29, 1.82) is 5.26 Å². The Balaban J connectivity index is 2.21. The van der Waals surface area contributed by atoms with E-state index in [1.807, 2.05) is 0 Å². The highest BCUT2D eigenvalue weighted by atomic mass is 16.3. The van der Waals surface area contributed by atoms with Gasteiger partial charge in [-0.1, -0.05) is 20.3 Å². The fourth-order valence-corrected chi connectivity index (χ4v) is 4.32. The Bertz CT molecular complexity index is 296. The van der Waals surface area contributed by atoms with Gasteiger partial charge in [-0.15, -0.1) is 0 Å². The summed E-state index contributed by atoms with van der Waals surface area (Å²) >= 11 is 0. The van der Waals surface area contributed by atoms with E-state index in [0.717, 1.165) is 32.1 Å². The molecule has 2 fully saturated rings. The summed E-state index contributed by atoms with van der Waals surface area (Å²) in [5, 5.41) is 19.4. The topological polar surface area (TPSA) is 44.0 Å². The Kier molecular flexibility index (Phi) is 3.26. The quantitative estimate of drug-likeness (QED) is 0.778. The van der Waals surface area contributed by atoms with Crippen molar-refractivity contribution in [2.24, 2.45) is 23.2 Å². The number of hydrogen-bond donors (Lipinski definition) is 1. The number of aliphatic hydroxyl groups is 1. The van der Waals surface area contributed by atoms with Gasteiger partial charge in [0.15, 0.2) is 0 Å². The molecule has 5 atom stereocenters. The van der Waals surface area contributed by atoms with Crippen molar-refractivity contribution in [1.82, 2.24) is 0 Å². The fourth-order valence-electron chi connectivity index (χ4n) is 4.32. The third kappa shape index (κ3) is 1.66. The summed E-state index contributed by atoms with van der Waals surface area (Å²) in [6, 6.07) is 2.49. The van der Waals surface area contributed by atoms with Crippen LogP contribution in [0.1, 0.15) is 52.4 Å². The molecule has 0 spiro atoms. The number of hydrogen-bond acceptors (Lipinski definition) is 2. The summed E-state index contributed by atoms with van der Waals surface area (Å²) < 4.78 is 0. The van der Waals surface area contributed by atoms with Crippen LogP contribution in [0.2, 0.25) is 0 Å². The normalized spacial score (nSPS) is 44.8. The Morgan fingerprint density at radius 1 is 1.44 bits per heavy atom. The largest absolute Gasteiger partial charge is 0.393 e. The summed E-state index contributed by atoms with van der Waals surface area (Å²) in [4.78, 5) is 0. The van der Waals surface area contributed by atoms with E-state index in [4.69, 9.17) is 0 Å². The van der Waals surface area contributed by atoms with Gasteiger partial charge < -0.3 is 5.11 Å². The molecule has 2 aliphatic rings. The van der Waals surface area contributed by atoms with E-state index in [1.165, 1.54) is 6.42 Å². The molecule has 0 aromatic rings. The SMILES string of the molecule is CCC(C#N)C1CCC2C(O)CCCC21C. The van der Waals surface area contributed by atoms with E-state index in [0.29, 0.717) is 11.8 Å². The maximum atomic E-state index is 10.1. The molecular weight excluding hydrogens is 198 g/mol. The Labute approximate surface area is 98.7 Å². The van der Waals surface area contributed by atoms with E-state index in [9.17, 15) is 10.4 Å². The molecule has 2 rings (SSSR count). The first-order chi connectivity index (χ1) is 7.63. The maximum Gasteiger partial charge on any atom is 0.0658 e. The van der Waals surface area contributed by atoms with Gasteiger partial charge in [0.1, 0.15) is 0 Å². The van der Waals surface area contributed by atoms with Crippen LogP contribution in [-0.4, -0.2) is 11.2 Å². The van der Waals surface area contributed by atoms with Crippen molar-refractivity contribution >= 4 is 0 Å². The first kappa shape index (κ1) is 11.9. The average Bonchev–Trinajstić information content (AvgIpc) is 2.60. The van der Waals surface area contributed by atoms with Gasteiger partial charge >= 0.3 is 0 Å². The van der Waals surface area contributed by atoms with Crippen LogP contribution in [0, 0.1) is 34.5 Å². The van der Waals surface area contributed by atoms with Gasteiger partial charge in [0.2, 0.25) is 0 Å². The molecule has 0 aromatic heterocycles. The molecule has 0 aromatic carbocycles. The van der Waals surface area contributed by atoms with Crippen LogP contribution in [0.4, 0.5) is 0 Å². The van der Waals surface area contributed by atoms with Crippen molar-refractivity contribution in [3.8, 4) is 6.07 Å². The van der Waals surface area contributed by atoms with Crippen molar-refractivity contribution in [2.45, 2.75) is 58.5 Å². The lowest BCUT2D eigenvalue weighted by Gasteiger charge is -2.44. The maximum absolute atomic E-state index is 10.1. The van der Waals surface area contributed by atoms with Crippen LogP contribution in [0.15, 0.2) is 0 Å². The molecule has 16 heavy (non-hydrogen) atoms. The van der Waals surface area contributed by atoms with Crippen LogP contribution >= 0.6 is 0 Å². The van der Waals surface area contributed by atoms with E-state index in [2.05, 4.69) is 19.9 Å². The van der Waals surface area contributed by atoms with Gasteiger partial charge in [0.25, 0.3) is 0 Å². The molecule has 5 unspecified atom stereocenters. The van der Waals surface area contributed by atoms with Crippen molar-refractivity contribution in [3.63, 3.8) is 0 Å². The highest BCUT2D eigenvalue weighted by molar-refractivity contribution is 5.05. The van der Waals surface area contributed by atoms with Gasteiger partial charge in [0, 0.05) is 5.92 Å². The second kappa shape index (κ2) is 4.37. The zero-order valence-corrected chi connectivity index (χ0v) is 10.4. The lowest BCUT2D eigenvalue weighted by molar-refractivity contribution is -0.0241. The van der Waals surface area contributed by atoms with Gasteiger partial charge in [0.05, 0.1) is 12.2 Å². The molecule has 2 aliphatic carbocycles. The van der Waals surface area contributed by atoms with Gasteiger partial charge in [-0.3, -0.25) is 0 Å². The predicted octanol–water partition coefficient (Wildman–Crippen LogP) is 3.11. The van der Waals surface area contributed by atoms with E-state index >= 15 is 0 Å². The molecule has 0 amide bonds. The van der Waals surface area contributed by atoms with Crippen LogP contribution in [0.25, 0.3) is 0 Å². The van der Waals surface area contributed by atoms with Gasteiger partial charge in [-0.05, 0) is 49.4 Å². The predicted molar refractivity (Wildman–Crippen MR) is 63.6 cm³/mol. The zero-order chi connectivity index (χ0) is 11.8. The minimum absolute atomic E-state index is 0.111. The summed E-state index contributed by atoms with van der Waals surface area (Å²) in [7, 11) is 0. The Hall–Kier alpha value is -0.550. The highest BCUT2D eigenvalue weighted by Gasteiger charge is 2.52. The summed E-state index contributed by atoms with van der Waals surface area (Å²) in [5.74, 6) is 1.16. The molecule has 90 valence electrons. The summed E-state index contributed by atoms with van der Waals surface area (Å²) in [6.07, 6.45) is 6.42. The molecule has 2 heteroatoms. The molecule has 2 nitrogen and oxygen atoms in total. The number of nitriles is 1. The Morgan fingerprint density at radius 3 is 2.81 bits per heavy atom. The third-order valence-electron chi connectivity index (χ3n) is 5.25. The third-order valence-corrected chi connectivity index (χ3v) is 5.25. The second-order valence-corrected chi connectivity index (χ2v) is 5.90. The highest BCUT2D eigenvalue weighted by Crippen LogP contribution is 2.57. The van der Waals surface area contributed by atoms with Crippen LogP contribution in [0.5, 0.6) is 0 Å². The Morgan fingerprint density at radius 2 is 2.19 bits per heavy atom. The standard InChI is InChI=1S/C14H23NO/c1-3-10(9-15)11-6-7-12-13(16)5-4-8-14(11,12)2/h10-13,16H,3-8H2,1-2H3. The van der Waals surface area contributed by atoms with E-state index in [-0.39, 0.29) is 17.4 Å². The molecule has 0 aliphatic heterocycles. The smallest absolute Gasteiger partial charge is 0.0658 e. The molecular formula is C14H23NO. The lowest BCUT2D eigenvalue weighted by atomic mass is 9.61. The number of aliphatic hydroxyl groups excluding tert-OH is 1. The molecule has 0 heterocycles. The van der Waals surface area contributed by atoms with Crippen molar-refractivity contribution < 1.29 is 5.11 Å². The molecule has 0 saturated heterocycles. The first-order valence-corrected chi connectivity index (χ1v) is 6.71. The van der Waals surface area contributed by atoms with E-state index < -0.39 is 0 Å². The second-order valence-electron chi connectivity index (χ2n) is 5.90. The number of fused-ring (bicyclic) bond motifs is 1. The molecule has 2 saturated carbocycles. The van der Waals surface area contributed by atoms with Crippen LogP contribution < -0.4 is 0 Å². The molecule has 0 radical (unpaired) electrons. The summed E-state index contributed by atoms with van der Waals surface area (Å²) in [6.45, 7) is 4.43. The van der Waals surface area contributed by atoms with E-state index in [1.54, 1.807) is 0 Å². The number of rotatable bonds is 2. The molecule has 1 N–H and O–H groups in total. The zero-order valence-electron chi connectivity index (χ0n) is 10.4. The molecule has 0 bridgehead atoms. The van der Waals surface area contributed by atoms with Gasteiger partial charge in [-0.2, -0.15) is 5.26 Å². The lowest BCUT2D eigenvalue weighted by Crippen LogP contribution is -2.41. The summed E-state index contributed by atoms with van der Waals surface area (Å²) in [5.41, 5.74) is 0.230. The number of nitrogens with zero attached hydrogens (tertiary/aromatic N) is 1. The van der Waals surface area contributed by atoms with Gasteiger partial charge in [-0.25, -0.2) is 0 Å². The van der Waals surface area contributed by atoms with Crippen molar-refractivity contribution in [3.05, 3.63) is 0 Å². The average molecular weight is 221 g/mol. The minimum Gasteiger partial charge on any atom is -0.393 e. The first-order valence-electron chi connectivity index (χ1n) is 6.71. The van der Waals surface area contributed by atoms with Crippen LogP contribution in [-0.2, 0) is 0 Å². The van der Waals surface area contributed by atoms with Crippen molar-refractivity contribution in [2.75, 3.05) is 0 Å². The monoisotopic (exact) mass is 221 g/mol. The van der Waals surface area contributed by atoms with Crippen LogP contribution in [0.3, 0.4) is 0 Å². The minimum atomic E-state index is -0.111.